The van der Waals surface area contributed by atoms with Gasteiger partial charge in [-0.1, -0.05) is 42.5 Å². The van der Waals surface area contributed by atoms with Crippen LogP contribution >= 0.6 is 11.3 Å². The number of para-hydroxylation sites is 1. The first-order chi connectivity index (χ1) is 14.0. The summed E-state index contributed by atoms with van der Waals surface area (Å²) in [6.45, 7) is 4.07. The largest absolute Gasteiger partial charge is 0.496 e. The molecule has 2 aromatic heterocycles. The van der Waals surface area contributed by atoms with Crippen molar-refractivity contribution in [3.05, 3.63) is 76.9 Å². The molecule has 2 aromatic carbocycles. The molecule has 6 heteroatoms. The van der Waals surface area contributed by atoms with Crippen LogP contribution < -0.4 is 4.74 Å². The fourth-order valence-corrected chi connectivity index (χ4v) is 4.35. The van der Waals surface area contributed by atoms with E-state index in [0.29, 0.717) is 5.69 Å². The van der Waals surface area contributed by atoms with Gasteiger partial charge in [0.1, 0.15) is 11.4 Å². The van der Waals surface area contributed by atoms with E-state index in [4.69, 9.17) is 9.72 Å². The van der Waals surface area contributed by atoms with Crippen LogP contribution in [-0.2, 0) is 0 Å². The van der Waals surface area contributed by atoms with Crippen molar-refractivity contribution in [2.45, 2.75) is 19.9 Å². The zero-order valence-corrected chi connectivity index (χ0v) is 17.7. The molecule has 4 aromatic rings. The molecule has 29 heavy (non-hydrogen) atoms. The normalized spacial score (nSPS) is 12.1. The Morgan fingerprint density at radius 3 is 2.66 bits per heavy atom. The zero-order chi connectivity index (χ0) is 20.5. The van der Waals surface area contributed by atoms with Crippen LogP contribution in [0.5, 0.6) is 5.75 Å². The number of fused-ring (bicyclic) bond motifs is 1. The maximum atomic E-state index is 13.3. The second-order valence-electron chi connectivity index (χ2n) is 7.05. The topological polar surface area (TPSA) is 46.8 Å². The van der Waals surface area contributed by atoms with Crippen LogP contribution in [-0.4, -0.2) is 34.3 Å². The Balaban J connectivity index is 1.67. The monoisotopic (exact) mass is 405 g/mol. The van der Waals surface area contributed by atoms with E-state index < -0.39 is 0 Å². The van der Waals surface area contributed by atoms with E-state index in [1.54, 1.807) is 12.0 Å². The summed E-state index contributed by atoms with van der Waals surface area (Å²) in [4.78, 5) is 20.6. The molecule has 1 atom stereocenters. The van der Waals surface area contributed by atoms with Gasteiger partial charge in [0, 0.05) is 29.8 Å². The molecule has 4 rings (SSSR count). The summed E-state index contributed by atoms with van der Waals surface area (Å²) < 4.78 is 7.36. The van der Waals surface area contributed by atoms with Crippen molar-refractivity contribution in [1.29, 1.82) is 0 Å². The molecule has 0 spiro atoms. The minimum absolute atomic E-state index is 0.0524. The highest BCUT2D eigenvalue weighted by Crippen LogP contribution is 2.31. The van der Waals surface area contributed by atoms with Crippen LogP contribution in [0.15, 0.2) is 60.1 Å². The molecule has 0 fully saturated rings. The van der Waals surface area contributed by atoms with Crippen LogP contribution in [0.3, 0.4) is 0 Å². The second kappa shape index (κ2) is 7.72. The predicted molar refractivity (Wildman–Crippen MR) is 117 cm³/mol. The lowest BCUT2D eigenvalue weighted by Crippen LogP contribution is -2.30. The van der Waals surface area contributed by atoms with Crippen LogP contribution in [0.1, 0.15) is 34.6 Å². The number of methoxy groups -OCH3 is 1. The zero-order valence-electron chi connectivity index (χ0n) is 16.9. The third kappa shape index (κ3) is 3.40. The number of ether oxygens (including phenoxy) is 1. The molecule has 0 bridgehead atoms. The van der Waals surface area contributed by atoms with Crippen LogP contribution in [0.25, 0.3) is 16.2 Å². The Morgan fingerprint density at radius 2 is 1.90 bits per heavy atom. The van der Waals surface area contributed by atoms with E-state index in [0.717, 1.165) is 33.1 Å². The van der Waals surface area contributed by atoms with Gasteiger partial charge in [-0.05, 0) is 25.5 Å². The van der Waals surface area contributed by atoms with Crippen LogP contribution in [0, 0.1) is 6.92 Å². The Bertz CT molecular complexity index is 1180. The van der Waals surface area contributed by atoms with Gasteiger partial charge < -0.3 is 9.64 Å². The molecular formula is C23H23N3O2S. The molecule has 0 saturated carbocycles. The van der Waals surface area contributed by atoms with Gasteiger partial charge in [-0.15, -0.1) is 11.3 Å². The number of aromatic nitrogens is 2. The number of imidazole rings is 1. The Hall–Kier alpha value is -3.12. The molecule has 0 unspecified atom stereocenters. The summed E-state index contributed by atoms with van der Waals surface area (Å²) in [7, 11) is 3.47. The van der Waals surface area contributed by atoms with Crippen LogP contribution in [0.4, 0.5) is 0 Å². The molecule has 0 radical (unpaired) electrons. The number of nitrogens with zero attached hydrogens (tertiary/aromatic N) is 3. The molecule has 0 saturated heterocycles. The van der Waals surface area contributed by atoms with Crippen molar-refractivity contribution in [2.24, 2.45) is 0 Å². The smallest absolute Gasteiger partial charge is 0.271 e. The fourth-order valence-electron chi connectivity index (χ4n) is 3.50. The van der Waals surface area contributed by atoms with Gasteiger partial charge in [0.2, 0.25) is 0 Å². The van der Waals surface area contributed by atoms with Crippen molar-refractivity contribution in [3.63, 3.8) is 0 Å². The number of hydrogen-bond donors (Lipinski definition) is 0. The first-order valence-corrected chi connectivity index (χ1v) is 10.3. The van der Waals surface area contributed by atoms with Crippen molar-refractivity contribution in [3.8, 4) is 17.0 Å². The molecule has 1 amide bonds. The van der Waals surface area contributed by atoms with E-state index in [1.807, 2.05) is 66.3 Å². The van der Waals surface area contributed by atoms with E-state index >= 15 is 0 Å². The van der Waals surface area contributed by atoms with Crippen molar-refractivity contribution in [2.75, 3.05) is 14.2 Å². The van der Waals surface area contributed by atoms with E-state index in [1.165, 1.54) is 11.3 Å². The van der Waals surface area contributed by atoms with Gasteiger partial charge in [0.25, 0.3) is 5.91 Å². The van der Waals surface area contributed by atoms with Gasteiger partial charge in [-0.2, -0.15) is 0 Å². The second-order valence-corrected chi connectivity index (χ2v) is 7.89. The van der Waals surface area contributed by atoms with E-state index in [-0.39, 0.29) is 11.9 Å². The molecule has 148 valence electrons. The number of thiazole rings is 1. The first-order valence-electron chi connectivity index (χ1n) is 9.44. The Labute approximate surface area is 174 Å². The molecule has 2 heterocycles. The molecule has 0 N–H and O–H groups in total. The van der Waals surface area contributed by atoms with Gasteiger partial charge in [-0.25, -0.2) is 4.98 Å². The average molecular weight is 406 g/mol. The first kappa shape index (κ1) is 19.2. The van der Waals surface area contributed by atoms with Gasteiger partial charge in [0.05, 0.1) is 18.8 Å². The summed E-state index contributed by atoms with van der Waals surface area (Å²) in [6, 6.07) is 15.8. The lowest BCUT2D eigenvalue weighted by Gasteiger charge is -2.26. The summed E-state index contributed by atoms with van der Waals surface area (Å²) in [5.41, 5.74) is 4.71. The SMILES string of the molecule is COc1ccccc1[C@H](C)N(C)C(=O)c1csc2nc(-c3ccccc3C)cn12. The third-order valence-electron chi connectivity index (χ3n) is 5.34. The lowest BCUT2D eigenvalue weighted by molar-refractivity contribution is 0.0734. The minimum Gasteiger partial charge on any atom is -0.496 e. The molecule has 0 aliphatic heterocycles. The highest BCUT2D eigenvalue weighted by molar-refractivity contribution is 7.15. The third-order valence-corrected chi connectivity index (χ3v) is 6.18. The van der Waals surface area contributed by atoms with Gasteiger partial charge in [-0.3, -0.25) is 9.20 Å². The Morgan fingerprint density at radius 1 is 1.17 bits per heavy atom. The number of benzene rings is 2. The minimum atomic E-state index is -0.132. The highest BCUT2D eigenvalue weighted by atomic mass is 32.1. The quantitative estimate of drug-likeness (QED) is 0.458. The van der Waals surface area contributed by atoms with E-state index in [9.17, 15) is 4.79 Å². The van der Waals surface area contributed by atoms with E-state index in [2.05, 4.69) is 19.1 Å². The number of hydrogen-bond acceptors (Lipinski definition) is 4. The molecular weight excluding hydrogens is 382 g/mol. The number of carbonyl (C=O) groups excluding carboxylic acids is 1. The van der Waals surface area contributed by atoms with Crippen molar-refractivity contribution in [1.82, 2.24) is 14.3 Å². The van der Waals surface area contributed by atoms with Crippen molar-refractivity contribution >= 4 is 22.2 Å². The predicted octanol–water partition coefficient (Wildman–Crippen LogP) is 5.21. The average Bonchev–Trinajstić information content (AvgIpc) is 3.33. The molecule has 0 aliphatic carbocycles. The fraction of sp³-hybridized carbons (Fsp3) is 0.217. The number of amides is 1. The highest BCUT2D eigenvalue weighted by Gasteiger charge is 2.24. The number of aryl methyl sites for hydroxylation is 1. The van der Waals surface area contributed by atoms with Crippen molar-refractivity contribution < 1.29 is 9.53 Å². The summed E-state index contributed by atoms with van der Waals surface area (Å²) in [6.07, 6.45) is 1.95. The number of carbonyl (C=O) groups is 1. The van der Waals surface area contributed by atoms with Gasteiger partial charge >= 0.3 is 0 Å². The van der Waals surface area contributed by atoms with Gasteiger partial charge in [0.15, 0.2) is 4.96 Å². The standard InChI is InChI=1S/C23H23N3O2S/c1-15-9-5-6-10-17(15)19-13-26-20(14-29-23(26)24-19)22(27)25(3)16(2)18-11-7-8-12-21(18)28-4/h5-14,16H,1-4H3/t16-/m0/s1. The number of rotatable bonds is 5. The maximum Gasteiger partial charge on any atom is 0.271 e. The summed E-state index contributed by atoms with van der Waals surface area (Å²) in [5.74, 6) is 0.725. The summed E-state index contributed by atoms with van der Waals surface area (Å²) in [5, 5.41) is 1.87. The summed E-state index contributed by atoms with van der Waals surface area (Å²) >= 11 is 1.48. The van der Waals surface area contributed by atoms with Crippen LogP contribution in [0.2, 0.25) is 0 Å². The lowest BCUT2D eigenvalue weighted by atomic mass is 10.1. The molecule has 5 nitrogen and oxygen atoms in total. The maximum absolute atomic E-state index is 13.3. The molecule has 0 aliphatic rings. The Kier molecular flexibility index (Phi) is 5.11.